The van der Waals surface area contributed by atoms with Crippen LogP contribution in [0.5, 0.6) is 0 Å². The Balaban J connectivity index is 2.17. The number of hydrogen-bond donors (Lipinski definition) is 0. The van der Waals surface area contributed by atoms with Crippen LogP contribution in [0.3, 0.4) is 0 Å². The van der Waals surface area contributed by atoms with Gasteiger partial charge in [0.05, 0.1) is 11.6 Å². The predicted molar refractivity (Wildman–Crippen MR) is 71.1 cm³/mol. The molecule has 98 valence electrons. The normalized spacial score (nSPS) is 11.9. The third-order valence-electron chi connectivity index (χ3n) is 3.16. The summed E-state index contributed by atoms with van der Waals surface area (Å²) in [5, 5.41) is 0. The van der Waals surface area contributed by atoms with Gasteiger partial charge in [-0.3, -0.25) is 9.78 Å². The molecule has 0 saturated carbocycles. The van der Waals surface area contributed by atoms with Crippen molar-refractivity contribution in [3.63, 3.8) is 0 Å². The van der Waals surface area contributed by atoms with Gasteiger partial charge in [0.1, 0.15) is 5.82 Å². The molecule has 0 fully saturated rings. The van der Waals surface area contributed by atoms with Crippen LogP contribution in [0.15, 0.2) is 48.8 Å². The summed E-state index contributed by atoms with van der Waals surface area (Å²) in [5.41, 5.74) is 1.43. The van der Waals surface area contributed by atoms with Crippen LogP contribution < -0.4 is 0 Å². The number of carbonyl (C=O) groups excluding carboxylic acids is 1. The van der Waals surface area contributed by atoms with Gasteiger partial charge < -0.3 is 4.90 Å². The minimum Gasteiger partial charge on any atom is -0.335 e. The van der Waals surface area contributed by atoms with Crippen LogP contribution in [0.1, 0.15) is 28.9 Å². The van der Waals surface area contributed by atoms with E-state index in [2.05, 4.69) is 4.98 Å². The largest absolute Gasteiger partial charge is 0.335 e. The third-order valence-corrected chi connectivity index (χ3v) is 3.16. The lowest BCUT2D eigenvalue weighted by atomic mass is 10.1. The highest BCUT2D eigenvalue weighted by molar-refractivity contribution is 5.93. The highest BCUT2D eigenvalue weighted by Gasteiger charge is 2.18. The Labute approximate surface area is 111 Å². The van der Waals surface area contributed by atoms with Crippen molar-refractivity contribution in [3.05, 3.63) is 65.7 Å². The summed E-state index contributed by atoms with van der Waals surface area (Å²) in [6.45, 7) is 1.90. The van der Waals surface area contributed by atoms with Crippen molar-refractivity contribution in [1.82, 2.24) is 9.88 Å². The molecule has 1 aromatic carbocycles. The van der Waals surface area contributed by atoms with E-state index in [1.807, 2.05) is 6.92 Å². The van der Waals surface area contributed by atoms with Crippen LogP contribution in [0.4, 0.5) is 4.39 Å². The highest BCUT2D eigenvalue weighted by Crippen LogP contribution is 2.20. The molecule has 0 radical (unpaired) electrons. The van der Waals surface area contributed by atoms with E-state index in [1.165, 1.54) is 18.3 Å². The van der Waals surface area contributed by atoms with Crippen molar-refractivity contribution >= 4 is 5.91 Å². The first kappa shape index (κ1) is 13.2. The molecule has 2 aromatic rings. The quantitative estimate of drug-likeness (QED) is 0.847. The molecule has 1 atom stereocenters. The average Bonchev–Trinajstić information content (AvgIpc) is 2.46. The van der Waals surface area contributed by atoms with Crippen LogP contribution >= 0.6 is 0 Å². The maximum atomic E-state index is 12.9. The first-order valence-corrected chi connectivity index (χ1v) is 6.02. The number of carbonyl (C=O) groups is 1. The monoisotopic (exact) mass is 258 g/mol. The summed E-state index contributed by atoms with van der Waals surface area (Å²) in [6, 6.07) is 9.49. The number of nitrogens with zero attached hydrogens (tertiary/aromatic N) is 2. The minimum atomic E-state index is -0.280. The Kier molecular flexibility index (Phi) is 3.90. The molecule has 0 saturated heterocycles. The molecule has 0 aliphatic rings. The summed E-state index contributed by atoms with van der Waals surface area (Å²) in [5.74, 6) is -0.387. The van der Waals surface area contributed by atoms with Crippen molar-refractivity contribution < 1.29 is 9.18 Å². The molecule has 0 aliphatic carbocycles. The Morgan fingerprint density at radius 2 is 1.95 bits per heavy atom. The highest BCUT2D eigenvalue weighted by atomic mass is 19.1. The lowest BCUT2D eigenvalue weighted by molar-refractivity contribution is 0.0742. The Bertz CT molecular complexity index is 554. The van der Waals surface area contributed by atoms with Gasteiger partial charge in [0.15, 0.2) is 0 Å². The summed E-state index contributed by atoms with van der Waals surface area (Å²) in [4.78, 5) is 17.8. The van der Waals surface area contributed by atoms with Gasteiger partial charge in [0.25, 0.3) is 5.91 Å². The van der Waals surface area contributed by atoms with Crippen LogP contribution in [0, 0.1) is 5.82 Å². The molecule has 3 nitrogen and oxygen atoms in total. The molecule has 1 amide bonds. The number of aromatic nitrogens is 1. The summed E-state index contributed by atoms with van der Waals surface area (Å²) < 4.78 is 12.9. The molecule has 1 unspecified atom stereocenters. The van der Waals surface area contributed by atoms with Crippen LogP contribution in [-0.4, -0.2) is 22.8 Å². The van der Waals surface area contributed by atoms with Crippen LogP contribution in [0.25, 0.3) is 0 Å². The van der Waals surface area contributed by atoms with Crippen molar-refractivity contribution in [3.8, 4) is 0 Å². The number of rotatable bonds is 3. The number of amides is 1. The Hall–Kier alpha value is -2.23. The number of hydrogen-bond acceptors (Lipinski definition) is 2. The average molecular weight is 258 g/mol. The molecule has 0 aliphatic heterocycles. The third kappa shape index (κ3) is 2.96. The fourth-order valence-electron chi connectivity index (χ4n) is 1.83. The van der Waals surface area contributed by atoms with Gasteiger partial charge in [-0.15, -0.1) is 0 Å². The van der Waals surface area contributed by atoms with E-state index in [0.29, 0.717) is 5.56 Å². The smallest absolute Gasteiger partial charge is 0.255 e. The fourth-order valence-corrected chi connectivity index (χ4v) is 1.83. The van der Waals surface area contributed by atoms with Crippen LogP contribution in [-0.2, 0) is 0 Å². The standard InChI is InChI=1S/C15H15FN2O/c1-11(12-5-7-14(16)8-6-12)18(2)15(19)13-4-3-9-17-10-13/h3-11H,1-2H3. The zero-order valence-electron chi connectivity index (χ0n) is 10.9. The van der Waals surface area contributed by atoms with Gasteiger partial charge in [-0.05, 0) is 36.8 Å². The van der Waals surface area contributed by atoms with Crippen LogP contribution in [0.2, 0.25) is 0 Å². The van der Waals surface area contributed by atoms with E-state index in [1.54, 1.807) is 42.4 Å². The van der Waals surface area contributed by atoms with E-state index < -0.39 is 0 Å². The SMILES string of the molecule is CC(c1ccc(F)cc1)N(C)C(=O)c1cccnc1. The molecular weight excluding hydrogens is 243 g/mol. The Morgan fingerprint density at radius 3 is 2.53 bits per heavy atom. The van der Waals surface area contributed by atoms with Gasteiger partial charge in [0.2, 0.25) is 0 Å². The zero-order chi connectivity index (χ0) is 13.8. The van der Waals surface area contributed by atoms with Crippen molar-refractivity contribution in [1.29, 1.82) is 0 Å². The Morgan fingerprint density at radius 1 is 1.26 bits per heavy atom. The first-order valence-electron chi connectivity index (χ1n) is 6.02. The molecule has 1 heterocycles. The number of halogens is 1. The lowest BCUT2D eigenvalue weighted by Gasteiger charge is -2.25. The summed E-state index contributed by atoms with van der Waals surface area (Å²) >= 11 is 0. The molecule has 0 spiro atoms. The molecule has 0 bridgehead atoms. The first-order chi connectivity index (χ1) is 9.09. The van der Waals surface area contributed by atoms with Gasteiger partial charge in [-0.1, -0.05) is 12.1 Å². The fraction of sp³-hybridized carbons (Fsp3) is 0.200. The summed E-state index contributed by atoms with van der Waals surface area (Å²) in [6.07, 6.45) is 3.16. The van der Waals surface area contributed by atoms with Crippen molar-refractivity contribution in [2.75, 3.05) is 7.05 Å². The number of pyridine rings is 1. The van der Waals surface area contributed by atoms with Gasteiger partial charge >= 0.3 is 0 Å². The van der Waals surface area contributed by atoms with E-state index >= 15 is 0 Å². The van der Waals surface area contributed by atoms with Gasteiger partial charge in [0, 0.05) is 19.4 Å². The molecular formula is C15H15FN2O. The summed E-state index contributed by atoms with van der Waals surface area (Å²) in [7, 11) is 1.73. The van der Waals surface area contributed by atoms with Crippen molar-refractivity contribution in [2.24, 2.45) is 0 Å². The topological polar surface area (TPSA) is 33.2 Å². The predicted octanol–water partition coefficient (Wildman–Crippen LogP) is 3.05. The molecule has 4 heteroatoms. The maximum absolute atomic E-state index is 12.9. The van der Waals surface area contributed by atoms with E-state index in [4.69, 9.17) is 0 Å². The van der Waals surface area contributed by atoms with E-state index in [-0.39, 0.29) is 17.8 Å². The molecule has 1 aromatic heterocycles. The zero-order valence-corrected chi connectivity index (χ0v) is 10.9. The van der Waals surface area contributed by atoms with Crippen molar-refractivity contribution in [2.45, 2.75) is 13.0 Å². The van der Waals surface area contributed by atoms with Gasteiger partial charge in [-0.2, -0.15) is 0 Å². The maximum Gasteiger partial charge on any atom is 0.255 e. The van der Waals surface area contributed by atoms with E-state index in [0.717, 1.165) is 5.56 Å². The molecule has 19 heavy (non-hydrogen) atoms. The van der Waals surface area contributed by atoms with Gasteiger partial charge in [-0.25, -0.2) is 4.39 Å². The second kappa shape index (κ2) is 5.61. The molecule has 2 rings (SSSR count). The second-order valence-corrected chi connectivity index (χ2v) is 4.39. The van der Waals surface area contributed by atoms with E-state index in [9.17, 15) is 9.18 Å². The molecule has 0 N–H and O–H groups in total. The number of benzene rings is 1. The lowest BCUT2D eigenvalue weighted by Crippen LogP contribution is -2.29. The minimum absolute atomic E-state index is 0.107. The second-order valence-electron chi connectivity index (χ2n) is 4.39.